The molecule has 0 aliphatic rings. The lowest BCUT2D eigenvalue weighted by atomic mass is 10.3. The van der Waals surface area contributed by atoms with E-state index < -0.39 is 6.09 Å². The molecule has 2 rings (SSSR count). The summed E-state index contributed by atoms with van der Waals surface area (Å²) in [5.41, 5.74) is 1.71. The number of amides is 1. The van der Waals surface area contributed by atoms with Crippen molar-refractivity contribution in [2.45, 2.75) is 11.8 Å². The molecule has 2 aromatic rings. The first kappa shape index (κ1) is 11.8. The summed E-state index contributed by atoms with van der Waals surface area (Å²) >= 11 is 1.76. The fraction of sp³-hybridized carbons (Fsp3) is 0.273. The van der Waals surface area contributed by atoms with Gasteiger partial charge in [0.1, 0.15) is 0 Å². The second-order valence-electron chi connectivity index (χ2n) is 3.31. The summed E-state index contributed by atoms with van der Waals surface area (Å²) in [5.74, 6) is 1.41. The Kier molecular flexibility index (Phi) is 3.53. The van der Waals surface area contributed by atoms with Crippen LogP contribution >= 0.6 is 11.8 Å². The number of ether oxygens (including phenoxy) is 1. The maximum absolute atomic E-state index is 11.0. The Morgan fingerprint density at radius 2 is 2.41 bits per heavy atom. The monoisotopic (exact) mass is 251 g/mol. The molecule has 0 radical (unpaired) electrons. The summed E-state index contributed by atoms with van der Waals surface area (Å²) in [7, 11) is 1.31. The second-order valence-corrected chi connectivity index (χ2v) is 4.65. The van der Waals surface area contributed by atoms with Gasteiger partial charge in [0.25, 0.3) is 0 Å². The number of rotatable bonds is 3. The molecule has 0 bridgehead atoms. The average molecular weight is 251 g/mol. The van der Waals surface area contributed by atoms with Gasteiger partial charge in [-0.2, -0.15) is 0 Å². The normalized spacial score (nSPS) is 10.5. The zero-order valence-electron chi connectivity index (χ0n) is 9.61. The van der Waals surface area contributed by atoms with Crippen LogP contribution in [0.3, 0.4) is 0 Å². The minimum Gasteiger partial charge on any atom is -0.453 e. The number of hydrogen-bond acceptors (Lipinski definition) is 4. The Morgan fingerprint density at radius 1 is 1.59 bits per heavy atom. The van der Waals surface area contributed by atoms with Crippen LogP contribution in [0, 0.1) is 0 Å². The van der Waals surface area contributed by atoms with Crippen molar-refractivity contribution in [1.29, 1.82) is 0 Å². The number of carbonyl (C=O) groups is 1. The lowest BCUT2D eigenvalue weighted by molar-refractivity contribution is 0.186. The molecule has 0 fully saturated rings. The van der Waals surface area contributed by atoms with Gasteiger partial charge in [-0.1, -0.05) is 6.92 Å². The highest BCUT2D eigenvalue weighted by Gasteiger charge is 2.06. The van der Waals surface area contributed by atoms with Gasteiger partial charge < -0.3 is 9.72 Å². The maximum Gasteiger partial charge on any atom is 0.413 e. The van der Waals surface area contributed by atoms with Crippen molar-refractivity contribution < 1.29 is 9.53 Å². The van der Waals surface area contributed by atoms with Gasteiger partial charge >= 0.3 is 6.09 Å². The van der Waals surface area contributed by atoms with Gasteiger partial charge in [0.15, 0.2) is 0 Å². The molecule has 0 unspecified atom stereocenters. The van der Waals surface area contributed by atoms with Gasteiger partial charge in [0.05, 0.1) is 18.1 Å². The number of aromatic nitrogens is 2. The molecular formula is C11H13N3O2S. The highest BCUT2D eigenvalue weighted by atomic mass is 32.2. The Labute approximate surface area is 103 Å². The fourth-order valence-electron chi connectivity index (χ4n) is 1.45. The number of thioether (sulfide) groups is 1. The quantitative estimate of drug-likeness (QED) is 0.823. The highest BCUT2D eigenvalue weighted by Crippen LogP contribution is 2.23. The lowest BCUT2D eigenvalue weighted by Crippen LogP contribution is -2.11. The van der Waals surface area contributed by atoms with Crippen molar-refractivity contribution in [2.24, 2.45) is 0 Å². The van der Waals surface area contributed by atoms with Gasteiger partial charge in [-0.15, -0.1) is 11.8 Å². The van der Waals surface area contributed by atoms with Crippen LogP contribution in [0.4, 0.5) is 10.7 Å². The molecule has 0 aliphatic heterocycles. The first-order chi connectivity index (χ1) is 8.22. The third-order valence-electron chi connectivity index (χ3n) is 2.17. The van der Waals surface area contributed by atoms with Gasteiger partial charge in [0, 0.05) is 4.90 Å². The van der Waals surface area contributed by atoms with E-state index in [4.69, 9.17) is 0 Å². The third-order valence-corrected chi connectivity index (χ3v) is 3.05. The summed E-state index contributed by atoms with van der Waals surface area (Å²) in [6.45, 7) is 2.10. The zero-order valence-corrected chi connectivity index (χ0v) is 10.4. The summed E-state index contributed by atoms with van der Waals surface area (Å²) in [5, 5.41) is 2.50. The topological polar surface area (TPSA) is 67.0 Å². The van der Waals surface area contributed by atoms with Crippen molar-refractivity contribution in [3.63, 3.8) is 0 Å². The number of aromatic amines is 1. The number of benzene rings is 1. The molecule has 0 aliphatic carbocycles. The van der Waals surface area contributed by atoms with E-state index in [0.29, 0.717) is 5.95 Å². The number of methoxy groups -OCH3 is 1. The molecule has 0 saturated carbocycles. The van der Waals surface area contributed by atoms with Crippen molar-refractivity contribution in [3.05, 3.63) is 18.2 Å². The Balaban J connectivity index is 2.27. The Morgan fingerprint density at radius 3 is 3.12 bits per heavy atom. The number of fused-ring (bicyclic) bond motifs is 1. The van der Waals surface area contributed by atoms with Crippen LogP contribution < -0.4 is 5.32 Å². The molecule has 6 heteroatoms. The van der Waals surface area contributed by atoms with Crippen LogP contribution in [0.2, 0.25) is 0 Å². The van der Waals surface area contributed by atoms with Crippen LogP contribution in [0.1, 0.15) is 6.92 Å². The van der Waals surface area contributed by atoms with Crippen LogP contribution in [0.15, 0.2) is 23.1 Å². The fourth-order valence-corrected chi connectivity index (χ4v) is 2.15. The van der Waals surface area contributed by atoms with Crippen molar-refractivity contribution in [1.82, 2.24) is 9.97 Å². The lowest BCUT2D eigenvalue weighted by Gasteiger charge is -1.97. The third kappa shape index (κ3) is 2.71. The molecule has 0 spiro atoms. The molecule has 1 aromatic carbocycles. The van der Waals surface area contributed by atoms with E-state index in [9.17, 15) is 4.79 Å². The first-order valence-electron chi connectivity index (χ1n) is 5.20. The molecule has 17 heavy (non-hydrogen) atoms. The van der Waals surface area contributed by atoms with Gasteiger partial charge in [-0.3, -0.25) is 5.32 Å². The number of imidazole rings is 1. The van der Waals surface area contributed by atoms with E-state index in [0.717, 1.165) is 16.8 Å². The SMILES string of the molecule is CCSc1ccc2nc(NC(=O)OC)[nH]c2c1. The maximum atomic E-state index is 11.0. The van der Waals surface area contributed by atoms with Crippen molar-refractivity contribution in [3.8, 4) is 0 Å². The average Bonchev–Trinajstić information content (AvgIpc) is 2.70. The molecular weight excluding hydrogens is 238 g/mol. The number of hydrogen-bond donors (Lipinski definition) is 2. The zero-order chi connectivity index (χ0) is 12.3. The van der Waals surface area contributed by atoms with E-state index in [2.05, 4.69) is 26.9 Å². The van der Waals surface area contributed by atoms with Crippen molar-refractivity contribution in [2.75, 3.05) is 18.2 Å². The van der Waals surface area contributed by atoms with Gasteiger partial charge in [-0.25, -0.2) is 9.78 Å². The van der Waals surface area contributed by atoms with E-state index >= 15 is 0 Å². The second kappa shape index (κ2) is 5.09. The standard InChI is InChI=1S/C11H13N3O2S/c1-3-17-7-4-5-8-9(6-7)13-10(12-8)14-11(15)16-2/h4-6H,3H2,1-2H3,(H2,12,13,14,15). The molecule has 1 aromatic heterocycles. The van der Waals surface area contributed by atoms with Gasteiger partial charge in [0.2, 0.25) is 5.95 Å². The molecule has 0 atom stereocenters. The highest BCUT2D eigenvalue weighted by molar-refractivity contribution is 7.99. The van der Waals surface area contributed by atoms with E-state index in [1.165, 1.54) is 12.0 Å². The van der Waals surface area contributed by atoms with Crippen LogP contribution in [0.25, 0.3) is 11.0 Å². The summed E-state index contributed by atoms with van der Waals surface area (Å²) in [6, 6.07) is 5.95. The summed E-state index contributed by atoms with van der Waals surface area (Å²) in [6.07, 6.45) is -0.535. The Hall–Kier alpha value is -1.69. The predicted octanol–water partition coefficient (Wildman–Crippen LogP) is 2.85. The number of nitrogens with zero attached hydrogens (tertiary/aromatic N) is 1. The largest absolute Gasteiger partial charge is 0.453 e. The molecule has 0 saturated heterocycles. The first-order valence-corrected chi connectivity index (χ1v) is 6.19. The smallest absolute Gasteiger partial charge is 0.413 e. The summed E-state index contributed by atoms with van der Waals surface area (Å²) < 4.78 is 4.50. The molecule has 1 heterocycles. The summed E-state index contributed by atoms with van der Waals surface area (Å²) in [4.78, 5) is 19.5. The Bertz CT molecular complexity index is 538. The predicted molar refractivity (Wildman–Crippen MR) is 68.5 cm³/mol. The minimum absolute atomic E-state index is 0.394. The molecule has 2 N–H and O–H groups in total. The minimum atomic E-state index is -0.535. The molecule has 5 nitrogen and oxygen atoms in total. The number of nitrogens with one attached hydrogen (secondary N) is 2. The number of carbonyl (C=O) groups excluding carboxylic acids is 1. The van der Waals surface area contributed by atoms with Crippen molar-refractivity contribution >= 4 is 34.8 Å². The van der Waals surface area contributed by atoms with E-state index in [1.807, 2.05) is 18.2 Å². The number of H-pyrrole nitrogens is 1. The van der Waals surface area contributed by atoms with Crippen LogP contribution in [-0.4, -0.2) is 28.9 Å². The van der Waals surface area contributed by atoms with E-state index in [1.54, 1.807) is 11.8 Å². The molecule has 1 amide bonds. The van der Waals surface area contributed by atoms with Crippen LogP contribution in [0.5, 0.6) is 0 Å². The van der Waals surface area contributed by atoms with Gasteiger partial charge in [-0.05, 0) is 24.0 Å². The molecule has 90 valence electrons. The van der Waals surface area contributed by atoms with E-state index in [-0.39, 0.29) is 0 Å². The van der Waals surface area contributed by atoms with Crippen LogP contribution in [-0.2, 0) is 4.74 Å². The number of anilines is 1.